The summed E-state index contributed by atoms with van der Waals surface area (Å²) in [6.45, 7) is 1.74. The number of ether oxygens (including phenoxy) is 1. The van der Waals surface area contributed by atoms with Crippen LogP contribution in [0.3, 0.4) is 0 Å². The quantitative estimate of drug-likeness (QED) is 0.674. The van der Waals surface area contributed by atoms with Crippen molar-refractivity contribution >= 4 is 5.90 Å². The van der Waals surface area contributed by atoms with E-state index >= 15 is 0 Å². The van der Waals surface area contributed by atoms with Gasteiger partial charge in [0.2, 0.25) is 0 Å². The zero-order valence-electron chi connectivity index (χ0n) is 7.57. The van der Waals surface area contributed by atoms with Crippen LogP contribution in [0.15, 0.2) is 35.3 Å². The Morgan fingerprint density at radius 3 is 2.77 bits per heavy atom. The van der Waals surface area contributed by atoms with Gasteiger partial charge < -0.3 is 4.74 Å². The number of aliphatic imine (C=N–C) groups is 1. The molecule has 1 heterocycles. The number of nitrogens with zero attached hydrogens (tertiary/aromatic N) is 1. The Labute approximate surface area is 78.3 Å². The summed E-state index contributed by atoms with van der Waals surface area (Å²) >= 11 is 0. The van der Waals surface area contributed by atoms with E-state index in [0.717, 1.165) is 31.9 Å². The number of hydrogen-bond donors (Lipinski definition) is 0. The van der Waals surface area contributed by atoms with Gasteiger partial charge in [0.1, 0.15) is 0 Å². The summed E-state index contributed by atoms with van der Waals surface area (Å²) in [4.78, 5) is 4.32. The molecule has 0 bridgehead atoms. The largest absolute Gasteiger partial charge is 0.481 e. The molecule has 2 rings (SSSR count). The molecule has 1 aliphatic rings. The van der Waals surface area contributed by atoms with Crippen LogP contribution < -0.4 is 0 Å². The van der Waals surface area contributed by atoms with Gasteiger partial charge in [-0.05, 0) is 5.56 Å². The van der Waals surface area contributed by atoms with E-state index in [0.29, 0.717) is 0 Å². The van der Waals surface area contributed by atoms with Gasteiger partial charge >= 0.3 is 0 Å². The van der Waals surface area contributed by atoms with E-state index in [9.17, 15) is 0 Å². The highest BCUT2D eigenvalue weighted by Gasteiger charge is 2.05. The molecule has 0 saturated carbocycles. The highest BCUT2D eigenvalue weighted by Crippen LogP contribution is 2.05. The summed E-state index contributed by atoms with van der Waals surface area (Å²) in [5.41, 5.74) is 1.27. The molecule has 1 aromatic carbocycles. The van der Waals surface area contributed by atoms with Crippen LogP contribution in [0, 0.1) is 0 Å². The van der Waals surface area contributed by atoms with Gasteiger partial charge in [-0.3, -0.25) is 4.99 Å². The Morgan fingerprint density at radius 2 is 2.08 bits per heavy atom. The lowest BCUT2D eigenvalue weighted by Crippen LogP contribution is -2.15. The Morgan fingerprint density at radius 1 is 1.23 bits per heavy atom. The van der Waals surface area contributed by atoms with Gasteiger partial charge in [-0.15, -0.1) is 0 Å². The van der Waals surface area contributed by atoms with Gasteiger partial charge in [0.25, 0.3) is 0 Å². The predicted octanol–water partition coefficient (Wildman–Crippen LogP) is 2.05. The van der Waals surface area contributed by atoms with Crippen molar-refractivity contribution in [3.05, 3.63) is 35.9 Å². The molecule has 0 unspecified atom stereocenters. The van der Waals surface area contributed by atoms with Crippen molar-refractivity contribution in [1.82, 2.24) is 0 Å². The molecule has 1 aromatic rings. The van der Waals surface area contributed by atoms with E-state index in [4.69, 9.17) is 4.74 Å². The van der Waals surface area contributed by atoms with Gasteiger partial charge in [-0.2, -0.15) is 0 Å². The zero-order valence-corrected chi connectivity index (χ0v) is 7.57. The van der Waals surface area contributed by atoms with E-state index in [1.54, 1.807) is 0 Å². The maximum Gasteiger partial charge on any atom is 0.187 e. The van der Waals surface area contributed by atoms with Gasteiger partial charge in [0, 0.05) is 19.4 Å². The molecule has 13 heavy (non-hydrogen) atoms. The number of benzene rings is 1. The average molecular weight is 175 g/mol. The molecular weight excluding hydrogens is 162 g/mol. The fourth-order valence-corrected chi connectivity index (χ4v) is 1.38. The van der Waals surface area contributed by atoms with Crippen molar-refractivity contribution in [1.29, 1.82) is 0 Å². The lowest BCUT2D eigenvalue weighted by molar-refractivity contribution is 0.276. The van der Waals surface area contributed by atoms with Crippen LogP contribution in [0.5, 0.6) is 0 Å². The first-order valence-electron chi connectivity index (χ1n) is 4.65. The minimum absolute atomic E-state index is 0.825. The average Bonchev–Trinajstić information content (AvgIpc) is 2.21. The monoisotopic (exact) mass is 175 g/mol. The van der Waals surface area contributed by atoms with Crippen molar-refractivity contribution in [3.8, 4) is 0 Å². The second-order valence-corrected chi connectivity index (χ2v) is 3.14. The molecule has 0 fully saturated rings. The van der Waals surface area contributed by atoms with Crippen LogP contribution >= 0.6 is 0 Å². The van der Waals surface area contributed by atoms with Crippen LogP contribution in [0.1, 0.15) is 12.0 Å². The molecule has 0 radical (unpaired) electrons. The Hall–Kier alpha value is -1.31. The predicted molar refractivity (Wildman–Crippen MR) is 53.0 cm³/mol. The maximum atomic E-state index is 5.43. The number of hydrogen-bond acceptors (Lipinski definition) is 2. The lowest BCUT2D eigenvalue weighted by Gasteiger charge is -2.13. The zero-order chi connectivity index (χ0) is 8.93. The molecule has 0 aromatic heterocycles. The highest BCUT2D eigenvalue weighted by atomic mass is 16.5. The molecule has 0 atom stereocenters. The Bertz CT molecular complexity index is 292. The molecule has 0 N–H and O–H groups in total. The van der Waals surface area contributed by atoms with E-state index in [2.05, 4.69) is 17.1 Å². The van der Waals surface area contributed by atoms with E-state index in [-0.39, 0.29) is 0 Å². The van der Waals surface area contributed by atoms with Gasteiger partial charge in [0.05, 0.1) is 6.61 Å². The Balaban J connectivity index is 2.01. The molecule has 2 nitrogen and oxygen atoms in total. The molecule has 0 saturated heterocycles. The minimum Gasteiger partial charge on any atom is -0.481 e. The van der Waals surface area contributed by atoms with Crippen LogP contribution in [-0.2, 0) is 11.2 Å². The summed E-state index contributed by atoms with van der Waals surface area (Å²) < 4.78 is 5.43. The Kier molecular flexibility index (Phi) is 2.60. The summed E-state index contributed by atoms with van der Waals surface area (Å²) in [6.07, 6.45) is 1.89. The van der Waals surface area contributed by atoms with Crippen molar-refractivity contribution < 1.29 is 4.74 Å². The third kappa shape index (κ3) is 2.31. The molecule has 1 aliphatic heterocycles. The third-order valence-corrected chi connectivity index (χ3v) is 2.06. The fraction of sp³-hybridized carbons (Fsp3) is 0.364. The van der Waals surface area contributed by atoms with Crippen molar-refractivity contribution in [2.75, 3.05) is 13.2 Å². The number of rotatable bonds is 2. The van der Waals surface area contributed by atoms with Crippen LogP contribution in [0.25, 0.3) is 0 Å². The summed E-state index contributed by atoms with van der Waals surface area (Å²) in [6, 6.07) is 10.3. The van der Waals surface area contributed by atoms with Gasteiger partial charge in [-0.1, -0.05) is 30.3 Å². The second kappa shape index (κ2) is 4.08. The van der Waals surface area contributed by atoms with Crippen molar-refractivity contribution in [3.63, 3.8) is 0 Å². The SMILES string of the molecule is c1ccc(CC2=NCCCO2)cc1. The van der Waals surface area contributed by atoms with E-state index in [1.165, 1.54) is 5.56 Å². The normalized spacial score (nSPS) is 16.2. The first kappa shape index (κ1) is 8.30. The minimum atomic E-state index is 0.825. The van der Waals surface area contributed by atoms with Crippen LogP contribution in [-0.4, -0.2) is 19.0 Å². The smallest absolute Gasteiger partial charge is 0.187 e. The van der Waals surface area contributed by atoms with E-state index in [1.807, 2.05) is 18.2 Å². The first-order chi connectivity index (χ1) is 6.45. The molecule has 0 aliphatic carbocycles. The van der Waals surface area contributed by atoms with Gasteiger partial charge in [-0.25, -0.2) is 0 Å². The lowest BCUT2D eigenvalue weighted by atomic mass is 10.1. The fourth-order valence-electron chi connectivity index (χ4n) is 1.38. The summed E-state index contributed by atoms with van der Waals surface area (Å²) in [5.74, 6) is 0.887. The highest BCUT2D eigenvalue weighted by molar-refractivity contribution is 5.79. The molecular formula is C11H13NO. The molecule has 2 heteroatoms. The van der Waals surface area contributed by atoms with Gasteiger partial charge in [0.15, 0.2) is 5.90 Å². The molecule has 0 amide bonds. The standard InChI is InChI=1S/C11H13NO/c1-2-5-10(6-3-1)9-11-12-7-4-8-13-11/h1-3,5-6H,4,7-9H2. The third-order valence-electron chi connectivity index (χ3n) is 2.06. The maximum absolute atomic E-state index is 5.43. The first-order valence-corrected chi connectivity index (χ1v) is 4.65. The summed E-state index contributed by atoms with van der Waals surface area (Å²) in [5, 5.41) is 0. The van der Waals surface area contributed by atoms with Crippen LogP contribution in [0.4, 0.5) is 0 Å². The summed E-state index contributed by atoms with van der Waals surface area (Å²) in [7, 11) is 0. The van der Waals surface area contributed by atoms with Crippen LogP contribution in [0.2, 0.25) is 0 Å². The van der Waals surface area contributed by atoms with Crippen molar-refractivity contribution in [2.45, 2.75) is 12.8 Å². The van der Waals surface area contributed by atoms with E-state index < -0.39 is 0 Å². The molecule has 0 spiro atoms. The van der Waals surface area contributed by atoms with Crippen molar-refractivity contribution in [2.24, 2.45) is 4.99 Å². The second-order valence-electron chi connectivity index (χ2n) is 3.14. The topological polar surface area (TPSA) is 21.6 Å². The molecule has 68 valence electrons.